The van der Waals surface area contributed by atoms with E-state index in [0.717, 1.165) is 10.5 Å². The first kappa shape index (κ1) is 23.6. The molecule has 1 N–H and O–H groups in total. The molecule has 2 aliphatic heterocycles. The van der Waals surface area contributed by atoms with Gasteiger partial charge in [0.1, 0.15) is 17.6 Å². The molecule has 4 rings (SSSR count). The summed E-state index contributed by atoms with van der Waals surface area (Å²) in [7, 11) is 3.05. The van der Waals surface area contributed by atoms with E-state index in [2.05, 4.69) is 5.32 Å². The molecule has 2 unspecified atom stereocenters. The molecule has 2 aliphatic rings. The molecule has 2 heterocycles. The Morgan fingerprint density at radius 2 is 1.88 bits per heavy atom. The number of nitrogens with one attached hydrogen (secondary N) is 1. The average molecular weight is 486 g/mol. The van der Waals surface area contributed by atoms with Crippen molar-refractivity contribution in [2.45, 2.75) is 24.4 Å². The standard InChI is InChI=1S/C24H24FN3O5S/c1-32-19-5-3-4-16(21(19)33-2)12-26-20(29)14-27-18-10-11-34-22(18)23(30)28(24(27)31)13-15-6-8-17(25)9-7-15/h3-11,18,22H,12-14H2,1-2H3,(H,26,29). The van der Waals surface area contributed by atoms with Crippen molar-refractivity contribution >= 4 is 29.6 Å². The number of ether oxygens (including phenoxy) is 2. The smallest absolute Gasteiger partial charge is 0.328 e. The molecule has 4 amide bonds. The van der Waals surface area contributed by atoms with Gasteiger partial charge in [-0.2, -0.15) is 0 Å². The van der Waals surface area contributed by atoms with Crippen LogP contribution in [0.25, 0.3) is 0 Å². The van der Waals surface area contributed by atoms with Gasteiger partial charge in [-0.25, -0.2) is 9.18 Å². The fourth-order valence-corrected chi connectivity index (χ4v) is 5.05. The number of fused-ring (bicyclic) bond motifs is 1. The molecule has 0 bridgehead atoms. The molecule has 1 fully saturated rings. The van der Waals surface area contributed by atoms with Crippen LogP contribution >= 0.6 is 11.8 Å². The van der Waals surface area contributed by atoms with Gasteiger partial charge in [-0.3, -0.25) is 14.5 Å². The van der Waals surface area contributed by atoms with Gasteiger partial charge in [-0.1, -0.05) is 30.3 Å². The van der Waals surface area contributed by atoms with Gasteiger partial charge in [-0.15, -0.1) is 11.8 Å². The number of methoxy groups -OCH3 is 2. The predicted molar refractivity (Wildman–Crippen MR) is 125 cm³/mol. The summed E-state index contributed by atoms with van der Waals surface area (Å²) >= 11 is 1.32. The van der Waals surface area contributed by atoms with E-state index in [1.165, 1.54) is 55.1 Å². The number of thioether (sulfide) groups is 1. The average Bonchev–Trinajstić information content (AvgIpc) is 3.34. The molecule has 2 aromatic carbocycles. The van der Waals surface area contributed by atoms with E-state index in [4.69, 9.17) is 9.47 Å². The fraction of sp³-hybridized carbons (Fsp3) is 0.292. The third-order valence-corrected chi connectivity index (χ3v) is 6.77. The molecule has 1 saturated heterocycles. The number of carbonyl (C=O) groups excluding carboxylic acids is 3. The molecule has 0 saturated carbocycles. The number of benzene rings is 2. The Morgan fingerprint density at radius 3 is 2.59 bits per heavy atom. The van der Waals surface area contributed by atoms with Crippen molar-refractivity contribution in [2.75, 3.05) is 20.8 Å². The zero-order chi connectivity index (χ0) is 24.2. The third kappa shape index (κ3) is 4.72. The maximum Gasteiger partial charge on any atom is 0.328 e. The minimum atomic E-state index is -0.558. The molecular weight excluding hydrogens is 461 g/mol. The normalized spacial score (nSPS) is 19.3. The van der Waals surface area contributed by atoms with Crippen LogP contribution in [0.15, 0.2) is 53.9 Å². The van der Waals surface area contributed by atoms with E-state index in [1.54, 1.807) is 23.6 Å². The van der Waals surface area contributed by atoms with Crippen LogP contribution in [0, 0.1) is 5.82 Å². The molecule has 8 nitrogen and oxygen atoms in total. The minimum Gasteiger partial charge on any atom is -0.493 e. The van der Waals surface area contributed by atoms with Crippen molar-refractivity contribution in [3.63, 3.8) is 0 Å². The van der Waals surface area contributed by atoms with Crippen LogP contribution in [-0.4, -0.2) is 59.7 Å². The van der Waals surface area contributed by atoms with Gasteiger partial charge >= 0.3 is 6.03 Å². The molecule has 0 spiro atoms. The Bertz CT molecular complexity index is 1120. The topological polar surface area (TPSA) is 88.2 Å². The van der Waals surface area contributed by atoms with Crippen molar-refractivity contribution < 1.29 is 28.2 Å². The van der Waals surface area contributed by atoms with Crippen LogP contribution in [0.1, 0.15) is 11.1 Å². The van der Waals surface area contributed by atoms with Crippen LogP contribution in [0.2, 0.25) is 0 Å². The summed E-state index contributed by atoms with van der Waals surface area (Å²) in [6.45, 7) is -0.0383. The number of urea groups is 1. The van der Waals surface area contributed by atoms with Crippen molar-refractivity contribution in [3.05, 3.63) is 70.9 Å². The maximum absolute atomic E-state index is 13.3. The summed E-state index contributed by atoms with van der Waals surface area (Å²) in [6, 6.07) is 9.91. The third-order valence-electron chi connectivity index (χ3n) is 5.69. The Hall–Kier alpha value is -3.53. The van der Waals surface area contributed by atoms with Gasteiger partial charge in [0.05, 0.1) is 26.8 Å². The number of para-hydroxylation sites is 1. The largest absolute Gasteiger partial charge is 0.493 e. The molecule has 178 valence electrons. The summed E-state index contributed by atoms with van der Waals surface area (Å²) in [5.74, 6) is -0.0379. The van der Waals surface area contributed by atoms with E-state index in [1.807, 2.05) is 6.07 Å². The highest BCUT2D eigenvalue weighted by Crippen LogP contribution is 2.35. The number of halogens is 1. The summed E-state index contributed by atoms with van der Waals surface area (Å²) in [4.78, 5) is 41.5. The highest BCUT2D eigenvalue weighted by molar-refractivity contribution is 8.03. The number of carbonyl (C=O) groups is 3. The van der Waals surface area contributed by atoms with Gasteiger partial charge in [0, 0.05) is 12.1 Å². The lowest BCUT2D eigenvalue weighted by atomic mass is 10.1. The highest BCUT2D eigenvalue weighted by atomic mass is 32.2. The second-order valence-corrected chi connectivity index (χ2v) is 8.82. The lowest BCUT2D eigenvalue weighted by molar-refractivity contribution is -0.133. The first-order valence-corrected chi connectivity index (χ1v) is 11.5. The number of hydrogen-bond donors (Lipinski definition) is 1. The first-order chi connectivity index (χ1) is 16.4. The van der Waals surface area contributed by atoms with Crippen molar-refractivity contribution in [2.24, 2.45) is 0 Å². The van der Waals surface area contributed by atoms with E-state index < -0.39 is 23.1 Å². The summed E-state index contributed by atoms with van der Waals surface area (Å²) in [5.41, 5.74) is 1.34. The Labute approximate surface area is 200 Å². The minimum absolute atomic E-state index is 0.000848. The van der Waals surface area contributed by atoms with E-state index in [0.29, 0.717) is 17.1 Å². The Kier molecular flexibility index (Phi) is 7.06. The van der Waals surface area contributed by atoms with Crippen molar-refractivity contribution in [3.8, 4) is 11.5 Å². The van der Waals surface area contributed by atoms with Crippen LogP contribution in [0.4, 0.5) is 9.18 Å². The van der Waals surface area contributed by atoms with Gasteiger partial charge < -0.3 is 19.7 Å². The number of imide groups is 1. The van der Waals surface area contributed by atoms with Crippen LogP contribution < -0.4 is 14.8 Å². The van der Waals surface area contributed by atoms with Crippen molar-refractivity contribution in [1.29, 1.82) is 0 Å². The lowest BCUT2D eigenvalue weighted by Gasteiger charge is -2.41. The van der Waals surface area contributed by atoms with Crippen LogP contribution in [0.5, 0.6) is 11.5 Å². The molecule has 0 aromatic heterocycles. The van der Waals surface area contributed by atoms with Gasteiger partial charge in [0.25, 0.3) is 0 Å². The van der Waals surface area contributed by atoms with Gasteiger partial charge in [0.15, 0.2) is 11.5 Å². The molecule has 0 radical (unpaired) electrons. The molecule has 10 heteroatoms. The Balaban J connectivity index is 1.47. The second kappa shape index (κ2) is 10.2. The van der Waals surface area contributed by atoms with Crippen LogP contribution in [0.3, 0.4) is 0 Å². The predicted octanol–water partition coefficient (Wildman–Crippen LogP) is 2.92. The van der Waals surface area contributed by atoms with E-state index in [9.17, 15) is 18.8 Å². The van der Waals surface area contributed by atoms with E-state index >= 15 is 0 Å². The quantitative estimate of drug-likeness (QED) is 0.619. The first-order valence-electron chi connectivity index (χ1n) is 10.6. The van der Waals surface area contributed by atoms with E-state index in [-0.39, 0.29) is 31.4 Å². The number of hydrogen-bond acceptors (Lipinski definition) is 6. The summed E-state index contributed by atoms with van der Waals surface area (Å²) in [6.07, 6.45) is 1.76. The second-order valence-electron chi connectivity index (χ2n) is 7.77. The summed E-state index contributed by atoms with van der Waals surface area (Å²) < 4.78 is 23.9. The van der Waals surface area contributed by atoms with Crippen LogP contribution in [-0.2, 0) is 22.7 Å². The zero-order valence-corrected chi connectivity index (χ0v) is 19.5. The molecule has 2 atom stereocenters. The lowest BCUT2D eigenvalue weighted by Crippen LogP contribution is -2.62. The molecule has 34 heavy (non-hydrogen) atoms. The van der Waals surface area contributed by atoms with Crippen molar-refractivity contribution in [1.82, 2.24) is 15.1 Å². The fourth-order valence-electron chi connectivity index (χ4n) is 3.98. The highest BCUT2D eigenvalue weighted by Gasteiger charge is 2.47. The monoisotopic (exact) mass is 485 g/mol. The molecule has 2 aromatic rings. The maximum atomic E-state index is 13.3. The van der Waals surface area contributed by atoms with Gasteiger partial charge in [0.2, 0.25) is 11.8 Å². The number of nitrogens with zero attached hydrogens (tertiary/aromatic N) is 2. The molecular formula is C24H24FN3O5S. The number of rotatable bonds is 8. The van der Waals surface area contributed by atoms with Gasteiger partial charge in [-0.05, 0) is 29.2 Å². The number of amides is 4. The zero-order valence-electron chi connectivity index (χ0n) is 18.7. The summed E-state index contributed by atoms with van der Waals surface area (Å²) in [5, 5.41) is 4.06. The SMILES string of the molecule is COc1cccc(CNC(=O)CN2C(=O)N(Cc3ccc(F)cc3)C(=O)C3SC=CC32)c1OC. The Morgan fingerprint density at radius 1 is 1.12 bits per heavy atom. The molecule has 0 aliphatic carbocycles.